The van der Waals surface area contributed by atoms with Gasteiger partial charge in [0, 0.05) is 16.5 Å². The highest BCUT2D eigenvalue weighted by atomic mass is 79.9. The molecule has 7 heteroatoms. The lowest BCUT2D eigenvalue weighted by atomic mass is 9.72. The number of hydrogen-bond donors (Lipinski definition) is 2. The molecule has 0 aliphatic heterocycles. The van der Waals surface area contributed by atoms with Crippen molar-refractivity contribution in [3.63, 3.8) is 0 Å². The Balaban J connectivity index is 2.67. The lowest BCUT2D eigenvalue weighted by Gasteiger charge is -2.43. The van der Waals surface area contributed by atoms with Gasteiger partial charge in [0.15, 0.2) is 0 Å². The molecular weight excluding hydrogens is 330 g/mol. The molecule has 19 heavy (non-hydrogen) atoms. The van der Waals surface area contributed by atoms with E-state index in [1.54, 1.807) is 0 Å². The number of benzene rings is 1. The predicted octanol–water partition coefficient (Wildman–Crippen LogP) is 3.12. The van der Waals surface area contributed by atoms with Crippen molar-refractivity contribution in [1.82, 2.24) is 0 Å². The molecule has 0 bridgehead atoms. The van der Waals surface area contributed by atoms with Crippen molar-refractivity contribution >= 4 is 15.9 Å². The average molecular weight is 342 g/mol. The van der Waals surface area contributed by atoms with Gasteiger partial charge in [0.2, 0.25) is 0 Å². The molecular formula is C12H12BrF4NO. The van der Waals surface area contributed by atoms with Crippen molar-refractivity contribution in [2.75, 3.05) is 6.61 Å². The van der Waals surface area contributed by atoms with Crippen LogP contribution in [0.4, 0.5) is 17.6 Å². The maximum Gasteiger partial charge on any atom is 0.292 e. The minimum Gasteiger partial charge on any atom is -0.390 e. The van der Waals surface area contributed by atoms with Gasteiger partial charge >= 0.3 is 0 Å². The van der Waals surface area contributed by atoms with Crippen LogP contribution in [0.1, 0.15) is 24.0 Å². The monoisotopic (exact) mass is 341 g/mol. The van der Waals surface area contributed by atoms with Gasteiger partial charge in [-0.2, -0.15) is 0 Å². The molecule has 1 aliphatic carbocycles. The van der Waals surface area contributed by atoms with Crippen LogP contribution in [0.3, 0.4) is 0 Å². The minimum absolute atomic E-state index is 0.322. The summed E-state index contributed by atoms with van der Waals surface area (Å²) in [6.07, 6.45) is -1.37. The third-order valence-corrected chi connectivity index (χ3v) is 4.03. The van der Waals surface area contributed by atoms with E-state index in [1.165, 1.54) is 12.1 Å². The molecule has 3 N–H and O–H groups in total. The van der Waals surface area contributed by atoms with E-state index in [2.05, 4.69) is 15.9 Å². The van der Waals surface area contributed by atoms with Crippen molar-refractivity contribution in [2.45, 2.75) is 30.2 Å². The first-order valence-corrected chi connectivity index (χ1v) is 6.39. The molecule has 1 aliphatic rings. The summed E-state index contributed by atoms with van der Waals surface area (Å²) in [5.41, 5.74) is 2.57. The Labute approximate surface area is 115 Å². The number of halogens is 5. The molecule has 106 valence electrons. The van der Waals surface area contributed by atoms with Gasteiger partial charge in [-0.3, -0.25) is 0 Å². The Morgan fingerprint density at radius 2 is 1.89 bits per heavy atom. The van der Waals surface area contributed by atoms with Crippen LogP contribution in [-0.4, -0.2) is 17.6 Å². The fraction of sp³-hybridized carbons (Fsp3) is 0.500. The van der Waals surface area contributed by atoms with E-state index in [4.69, 9.17) is 10.8 Å². The van der Waals surface area contributed by atoms with Crippen LogP contribution in [0.25, 0.3) is 0 Å². The third-order valence-electron chi connectivity index (χ3n) is 3.54. The zero-order chi connectivity index (χ0) is 14.5. The zero-order valence-electron chi connectivity index (χ0n) is 9.77. The molecule has 0 aromatic heterocycles. The van der Waals surface area contributed by atoms with Gasteiger partial charge < -0.3 is 10.8 Å². The number of fused-ring (bicyclic) bond motifs is 1. The predicted molar refractivity (Wildman–Crippen MR) is 65.2 cm³/mol. The largest absolute Gasteiger partial charge is 0.390 e. The molecule has 2 nitrogen and oxygen atoms in total. The maximum absolute atomic E-state index is 13.8. The summed E-state index contributed by atoms with van der Waals surface area (Å²) in [6.45, 7) is -1.49. The van der Waals surface area contributed by atoms with E-state index in [0.717, 1.165) is 6.07 Å². The maximum atomic E-state index is 13.8. The van der Waals surface area contributed by atoms with Gasteiger partial charge in [0.1, 0.15) is 12.1 Å². The Bertz CT molecular complexity index is 509. The molecule has 1 aromatic rings. The van der Waals surface area contributed by atoms with Gasteiger partial charge in [-0.15, -0.1) is 0 Å². The van der Waals surface area contributed by atoms with Crippen molar-refractivity contribution in [3.8, 4) is 0 Å². The smallest absolute Gasteiger partial charge is 0.292 e. The Hall–Kier alpha value is -0.660. The lowest BCUT2D eigenvalue weighted by molar-refractivity contribution is -0.136. The van der Waals surface area contributed by atoms with Crippen molar-refractivity contribution in [2.24, 2.45) is 5.73 Å². The standard InChI is InChI=1S/C12H12BrF4NO/c13-7-1-2-8-9(5-7)10(18,12(16,17)6-19)3-4-11(8,14)15/h1-2,5,19H,3-4,6,18H2/t10-/m1/s1. The Morgan fingerprint density at radius 3 is 2.47 bits per heavy atom. The summed E-state index contributed by atoms with van der Waals surface area (Å²) in [6, 6.07) is 3.62. The van der Waals surface area contributed by atoms with Crippen molar-refractivity contribution in [1.29, 1.82) is 0 Å². The summed E-state index contributed by atoms with van der Waals surface area (Å²) in [5.74, 6) is -6.86. The van der Waals surface area contributed by atoms with E-state index in [1.807, 2.05) is 0 Å². The molecule has 0 saturated heterocycles. The Kier molecular flexibility index (Phi) is 3.43. The van der Waals surface area contributed by atoms with Crippen LogP contribution in [0.2, 0.25) is 0 Å². The zero-order valence-corrected chi connectivity index (χ0v) is 11.4. The van der Waals surface area contributed by atoms with Gasteiger partial charge in [-0.05, 0) is 24.1 Å². The fourth-order valence-electron chi connectivity index (χ4n) is 2.35. The quantitative estimate of drug-likeness (QED) is 0.812. The summed E-state index contributed by atoms with van der Waals surface area (Å²) in [5, 5.41) is 8.81. The second-order valence-electron chi connectivity index (χ2n) is 4.73. The van der Waals surface area contributed by atoms with Crippen LogP contribution in [0.15, 0.2) is 22.7 Å². The molecule has 0 fully saturated rings. The van der Waals surface area contributed by atoms with Crippen molar-refractivity contribution < 1.29 is 22.7 Å². The van der Waals surface area contributed by atoms with Gasteiger partial charge in [0.05, 0.1) is 0 Å². The Morgan fingerprint density at radius 1 is 1.26 bits per heavy atom. The SMILES string of the molecule is N[C@]1(C(F)(F)CO)CCC(F)(F)c2ccc(Br)cc21. The highest BCUT2D eigenvalue weighted by molar-refractivity contribution is 9.10. The molecule has 1 aromatic carbocycles. The first-order valence-electron chi connectivity index (χ1n) is 5.60. The highest BCUT2D eigenvalue weighted by Crippen LogP contribution is 2.51. The van der Waals surface area contributed by atoms with Crippen molar-refractivity contribution in [3.05, 3.63) is 33.8 Å². The lowest BCUT2D eigenvalue weighted by Crippen LogP contribution is -2.57. The van der Waals surface area contributed by atoms with Crippen LogP contribution in [0.5, 0.6) is 0 Å². The number of alkyl halides is 4. The van der Waals surface area contributed by atoms with Gasteiger partial charge in [-0.1, -0.05) is 22.0 Å². The number of aliphatic hydroxyl groups excluding tert-OH is 1. The summed E-state index contributed by atoms with van der Waals surface area (Å²) < 4.78 is 55.7. The number of aliphatic hydroxyl groups is 1. The summed E-state index contributed by atoms with van der Waals surface area (Å²) in [7, 11) is 0. The summed E-state index contributed by atoms with van der Waals surface area (Å²) >= 11 is 3.06. The molecule has 0 heterocycles. The topological polar surface area (TPSA) is 46.2 Å². The normalized spacial score (nSPS) is 26.1. The fourth-order valence-corrected chi connectivity index (χ4v) is 2.71. The third kappa shape index (κ3) is 2.17. The minimum atomic E-state index is -3.67. The van der Waals surface area contributed by atoms with E-state index in [9.17, 15) is 17.6 Å². The van der Waals surface area contributed by atoms with E-state index in [-0.39, 0.29) is 5.56 Å². The summed E-state index contributed by atoms with van der Waals surface area (Å²) in [4.78, 5) is 0. The van der Waals surface area contributed by atoms with Gasteiger partial charge in [-0.25, -0.2) is 17.6 Å². The van der Waals surface area contributed by atoms with E-state index >= 15 is 0 Å². The average Bonchev–Trinajstić information content (AvgIpc) is 2.34. The van der Waals surface area contributed by atoms with E-state index in [0.29, 0.717) is 4.47 Å². The second-order valence-corrected chi connectivity index (χ2v) is 5.64. The van der Waals surface area contributed by atoms with Crippen LogP contribution >= 0.6 is 15.9 Å². The second kappa shape index (κ2) is 4.43. The van der Waals surface area contributed by atoms with E-state index < -0.39 is 42.4 Å². The number of hydrogen-bond acceptors (Lipinski definition) is 2. The number of rotatable bonds is 2. The molecule has 0 unspecified atom stereocenters. The molecule has 0 amide bonds. The molecule has 0 spiro atoms. The molecule has 2 rings (SSSR count). The van der Waals surface area contributed by atoms with Crippen LogP contribution < -0.4 is 5.73 Å². The number of nitrogens with two attached hydrogens (primary N) is 1. The van der Waals surface area contributed by atoms with Gasteiger partial charge in [0.25, 0.3) is 11.8 Å². The van der Waals surface area contributed by atoms with Crippen LogP contribution in [-0.2, 0) is 11.5 Å². The first kappa shape index (κ1) is 14.7. The first-order chi connectivity index (χ1) is 8.64. The molecule has 0 radical (unpaired) electrons. The molecule has 0 saturated carbocycles. The molecule has 1 atom stereocenters. The van der Waals surface area contributed by atoms with Crippen LogP contribution in [0, 0.1) is 0 Å². The highest BCUT2D eigenvalue weighted by Gasteiger charge is 2.58.